The summed E-state index contributed by atoms with van der Waals surface area (Å²) < 4.78 is 49.1. The lowest BCUT2D eigenvalue weighted by Gasteiger charge is -2.10. The van der Waals surface area contributed by atoms with Crippen LogP contribution in [0.25, 0.3) is 17.1 Å². The quantitative estimate of drug-likeness (QED) is 0.444. The molecule has 0 aliphatic rings. The van der Waals surface area contributed by atoms with Crippen LogP contribution < -0.4 is 9.46 Å². The Morgan fingerprint density at radius 1 is 1.00 bits per heavy atom. The SMILES string of the molecule is CCOc1nc(-c2ccccc2F)n(-c2ccc(NS(=O)(=O)c3ccc(C)cc3)cc2)n1. The van der Waals surface area contributed by atoms with Crippen LogP contribution in [0.3, 0.4) is 0 Å². The Morgan fingerprint density at radius 2 is 1.69 bits per heavy atom. The highest BCUT2D eigenvalue weighted by Crippen LogP contribution is 2.27. The van der Waals surface area contributed by atoms with Crippen molar-refractivity contribution in [3.05, 3.63) is 84.2 Å². The molecular formula is C23H21FN4O3S. The molecular weight excluding hydrogens is 431 g/mol. The fourth-order valence-electron chi connectivity index (χ4n) is 3.08. The minimum atomic E-state index is -3.72. The van der Waals surface area contributed by atoms with Crippen LogP contribution in [0.1, 0.15) is 12.5 Å². The first-order valence-electron chi connectivity index (χ1n) is 9.92. The van der Waals surface area contributed by atoms with Crippen LogP contribution in [0.15, 0.2) is 77.7 Å². The molecule has 0 spiro atoms. The van der Waals surface area contributed by atoms with E-state index in [1.54, 1.807) is 73.7 Å². The van der Waals surface area contributed by atoms with E-state index in [1.807, 2.05) is 6.92 Å². The zero-order valence-corrected chi connectivity index (χ0v) is 18.3. The van der Waals surface area contributed by atoms with Gasteiger partial charge in [0.15, 0.2) is 5.82 Å². The number of benzene rings is 3. The van der Waals surface area contributed by atoms with Crippen molar-refractivity contribution in [2.24, 2.45) is 0 Å². The number of anilines is 1. The highest BCUT2D eigenvalue weighted by atomic mass is 32.2. The van der Waals surface area contributed by atoms with E-state index >= 15 is 0 Å². The van der Waals surface area contributed by atoms with Gasteiger partial charge in [-0.25, -0.2) is 17.5 Å². The van der Waals surface area contributed by atoms with Gasteiger partial charge < -0.3 is 4.74 Å². The molecule has 0 amide bonds. The largest absolute Gasteiger partial charge is 0.463 e. The molecule has 1 heterocycles. The van der Waals surface area contributed by atoms with Gasteiger partial charge in [0.2, 0.25) is 0 Å². The highest BCUT2D eigenvalue weighted by molar-refractivity contribution is 7.92. The Morgan fingerprint density at radius 3 is 2.34 bits per heavy atom. The van der Waals surface area contributed by atoms with Gasteiger partial charge >= 0.3 is 6.01 Å². The average molecular weight is 453 g/mol. The molecule has 1 N–H and O–H groups in total. The Kier molecular flexibility index (Phi) is 5.91. The third-order valence-electron chi connectivity index (χ3n) is 4.67. The zero-order chi connectivity index (χ0) is 22.7. The first kappa shape index (κ1) is 21.5. The number of sulfonamides is 1. The van der Waals surface area contributed by atoms with Crippen molar-refractivity contribution in [3.63, 3.8) is 0 Å². The predicted octanol–water partition coefficient (Wildman–Crippen LogP) is 4.58. The van der Waals surface area contributed by atoms with Gasteiger partial charge in [0.1, 0.15) is 5.82 Å². The van der Waals surface area contributed by atoms with Crippen LogP contribution in [-0.4, -0.2) is 29.8 Å². The van der Waals surface area contributed by atoms with Gasteiger partial charge in [-0.2, -0.15) is 4.98 Å². The lowest BCUT2D eigenvalue weighted by atomic mass is 10.2. The van der Waals surface area contributed by atoms with E-state index in [-0.39, 0.29) is 22.3 Å². The van der Waals surface area contributed by atoms with Gasteiger partial charge in [0.05, 0.1) is 22.8 Å². The normalized spacial score (nSPS) is 11.3. The molecule has 0 fully saturated rings. The Hall–Kier alpha value is -3.72. The van der Waals surface area contributed by atoms with E-state index in [1.165, 1.54) is 10.7 Å². The van der Waals surface area contributed by atoms with Crippen molar-refractivity contribution < 1.29 is 17.5 Å². The summed E-state index contributed by atoms with van der Waals surface area (Å²) in [7, 11) is -3.72. The summed E-state index contributed by atoms with van der Waals surface area (Å²) in [6, 6.07) is 19.5. The molecule has 0 unspecified atom stereocenters. The van der Waals surface area contributed by atoms with Crippen molar-refractivity contribution >= 4 is 15.7 Å². The number of nitrogens with zero attached hydrogens (tertiary/aromatic N) is 3. The van der Waals surface area contributed by atoms with Crippen LogP contribution >= 0.6 is 0 Å². The smallest absolute Gasteiger partial charge is 0.336 e. The summed E-state index contributed by atoms with van der Waals surface area (Å²) in [6.45, 7) is 4.05. The molecule has 0 atom stereocenters. The van der Waals surface area contributed by atoms with E-state index in [0.29, 0.717) is 18.0 Å². The Bertz CT molecular complexity index is 1330. The molecule has 0 saturated carbocycles. The topological polar surface area (TPSA) is 86.1 Å². The van der Waals surface area contributed by atoms with Gasteiger partial charge in [-0.05, 0) is 62.4 Å². The number of aromatic nitrogens is 3. The van der Waals surface area contributed by atoms with E-state index in [2.05, 4.69) is 14.8 Å². The minimum absolute atomic E-state index is 0.120. The molecule has 0 aliphatic heterocycles. The van der Waals surface area contributed by atoms with Crippen LogP contribution in [0.5, 0.6) is 6.01 Å². The maximum Gasteiger partial charge on any atom is 0.336 e. The maximum absolute atomic E-state index is 14.4. The van der Waals surface area contributed by atoms with Crippen molar-refractivity contribution in [2.45, 2.75) is 18.7 Å². The molecule has 164 valence electrons. The number of rotatable bonds is 7. The second-order valence-corrected chi connectivity index (χ2v) is 8.69. The maximum atomic E-state index is 14.4. The highest BCUT2D eigenvalue weighted by Gasteiger charge is 2.18. The van der Waals surface area contributed by atoms with Crippen molar-refractivity contribution in [1.82, 2.24) is 14.8 Å². The lowest BCUT2D eigenvalue weighted by molar-refractivity contribution is 0.312. The van der Waals surface area contributed by atoms with E-state index in [0.717, 1.165) is 5.56 Å². The number of nitrogens with one attached hydrogen (secondary N) is 1. The number of hydrogen-bond acceptors (Lipinski definition) is 5. The molecule has 4 rings (SSSR count). The summed E-state index contributed by atoms with van der Waals surface area (Å²) in [4.78, 5) is 4.49. The number of halogens is 1. The van der Waals surface area contributed by atoms with Crippen LogP contribution in [-0.2, 0) is 10.0 Å². The number of ether oxygens (including phenoxy) is 1. The van der Waals surface area contributed by atoms with Gasteiger partial charge in [-0.1, -0.05) is 29.8 Å². The number of hydrogen-bond donors (Lipinski definition) is 1. The van der Waals surface area contributed by atoms with Crippen molar-refractivity contribution in [1.29, 1.82) is 0 Å². The van der Waals surface area contributed by atoms with E-state index in [9.17, 15) is 12.8 Å². The van der Waals surface area contributed by atoms with Gasteiger partial charge in [-0.3, -0.25) is 4.72 Å². The fraction of sp³-hybridized carbons (Fsp3) is 0.130. The second-order valence-electron chi connectivity index (χ2n) is 7.01. The summed E-state index contributed by atoms with van der Waals surface area (Å²) in [5, 5.41) is 4.33. The summed E-state index contributed by atoms with van der Waals surface area (Å²) in [5.74, 6) is -0.161. The Balaban J connectivity index is 1.66. The monoisotopic (exact) mass is 452 g/mol. The fourth-order valence-corrected chi connectivity index (χ4v) is 4.14. The van der Waals surface area contributed by atoms with Crippen LogP contribution in [0.4, 0.5) is 10.1 Å². The first-order valence-corrected chi connectivity index (χ1v) is 11.4. The van der Waals surface area contributed by atoms with Crippen LogP contribution in [0, 0.1) is 12.7 Å². The van der Waals surface area contributed by atoms with Crippen LogP contribution in [0.2, 0.25) is 0 Å². The summed E-state index contributed by atoms with van der Waals surface area (Å²) in [5.41, 5.74) is 2.19. The standard InChI is InChI=1S/C23H21FN4O3S/c1-3-31-23-25-22(20-6-4-5-7-21(20)24)28(26-23)18-12-10-17(11-13-18)27-32(29,30)19-14-8-16(2)9-15-19/h4-15,27H,3H2,1-2H3. The Labute approximate surface area is 185 Å². The van der Waals surface area contributed by atoms with Gasteiger partial charge in [0, 0.05) is 5.69 Å². The molecule has 9 heteroatoms. The van der Waals surface area contributed by atoms with Crippen molar-refractivity contribution in [3.8, 4) is 23.1 Å². The van der Waals surface area contributed by atoms with Crippen molar-refractivity contribution in [2.75, 3.05) is 11.3 Å². The lowest BCUT2D eigenvalue weighted by Crippen LogP contribution is -2.13. The summed E-state index contributed by atoms with van der Waals surface area (Å²) in [6.07, 6.45) is 0. The zero-order valence-electron chi connectivity index (χ0n) is 17.5. The molecule has 7 nitrogen and oxygen atoms in total. The molecule has 3 aromatic carbocycles. The number of aryl methyl sites for hydroxylation is 1. The summed E-state index contributed by atoms with van der Waals surface area (Å²) >= 11 is 0. The molecule has 4 aromatic rings. The minimum Gasteiger partial charge on any atom is -0.463 e. The average Bonchev–Trinajstić information content (AvgIpc) is 3.18. The second kappa shape index (κ2) is 8.80. The van der Waals surface area contributed by atoms with Gasteiger partial charge in [-0.15, -0.1) is 5.10 Å². The van der Waals surface area contributed by atoms with Gasteiger partial charge in [0.25, 0.3) is 10.0 Å². The molecule has 0 aliphatic carbocycles. The van der Waals surface area contributed by atoms with E-state index in [4.69, 9.17) is 4.74 Å². The third kappa shape index (κ3) is 4.47. The molecule has 1 aromatic heterocycles. The third-order valence-corrected chi connectivity index (χ3v) is 6.07. The molecule has 0 saturated heterocycles. The first-order chi connectivity index (χ1) is 15.4. The molecule has 0 bridgehead atoms. The predicted molar refractivity (Wildman–Crippen MR) is 120 cm³/mol. The molecule has 32 heavy (non-hydrogen) atoms. The molecule has 0 radical (unpaired) electrons. The van der Waals surface area contributed by atoms with E-state index < -0.39 is 15.8 Å².